The van der Waals surface area contributed by atoms with Gasteiger partial charge < -0.3 is 15.3 Å². The van der Waals surface area contributed by atoms with Crippen LogP contribution in [0.2, 0.25) is 0 Å². The maximum absolute atomic E-state index is 12.8. The zero-order valence-electron chi connectivity index (χ0n) is 17.8. The normalized spacial score (nSPS) is 11.2. The minimum absolute atomic E-state index is 0.0549. The Bertz CT molecular complexity index is 1120. The summed E-state index contributed by atoms with van der Waals surface area (Å²) in [6.45, 7) is 0. The van der Waals surface area contributed by atoms with Gasteiger partial charge in [-0.3, -0.25) is 9.59 Å². The van der Waals surface area contributed by atoms with Crippen LogP contribution in [-0.2, 0) is 4.79 Å². The van der Waals surface area contributed by atoms with Gasteiger partial charge in [-0.25, -0.2) is 5.43 Å². The average molecular weight is 428 g/mol. The maximum Gasteiger partial charge on any atom is 0.287 e. The van der Waals surface area contributed by atoms with Gasteiger partial charge in [0.1, 0.15) is 11.4 Å². The quantitative estimate of drug-likeness (QED) is 0.306. The Morgan fingerprint density at radius 2 is 1.50 bits per heavy atom. The zero-order valence-corrected chi connectivity index (χ0v) is 17.8. The number of aromatic hydroxyl groups is 1. The van der Waals surface area contributed by atoms with E-state index in [9.17, 15) is 14.7 Å². The highest BCUT2D eigenvalue weighted by Crippen LogP contribution is 2.15. The summed E-state index contributed by atoms with van der Waals surface area (Å²) < 4.78 is 0. The zero-order chi connectivity index (χ0) is 22.9. The summed E-state index contributed by atoms with van der Waals surface area (Å²) in [6.07, 6.45) is 3.03. The first-order chi connectivity index (χ1) is 15.4. The third kappa shape index (κ3) is 6.30. The van der Waals surface area contributed by atoms with Gasteiger partial charge in [-0.15, -0.1) is 0 Å². The Balaban J connectivity index is 1.80. The van der Waals surface area contributed by atoms with Gasteiger partial charge in [0.05, 0.1) is 6.21 Å². The molecule has 0 spiro atoms. The predicted molar refractivity (Wildman–Crippen MR) is 126 cm³/mol. The molecule has 3 rings (SSSR count). The molecule has 0 fully saturated rings. The molecule has 0 atom stereocenters. The van der Waals surface area contributed by atoms with Crippen molar-refractivity contribution in [2.45, 2.75) is 0 Å². The van der Waals surface area contributed by atoms with E-state index < -0.39 is 11.8 Å². The van der Waals surface area contributed by atoms with Crippen LogP contribution in [0.15, 0.2) is 89.7 Å². The van der Waals surface area contributed by atoms with Gasteiger partial charge in [0.15, 0.2) is 0 Å². The van der Waals surface area contributed by atoms with Gasteiger partial charge in [0.2, 0.25) is 0 Å². The fourth-order valence-corrected chi connectivity index (χ4v) is 2.76. The number of nitrogens with one attached hydrogen (secondary N) is 2. The highest BCUT2D eigenvalue weighted by atomic mass is 16.3. The summed E-state index contributed by atoms with van der Waals surface area (Å²) in [5, 5.41) is 16.0. The smallest absolute Gasteiger partial charge is 0.287 e. The van der Waals surface area contributed by atoms with Gasteiger partial charge >= 0.3 is 0 Å². The average Bonchev–Trinajstić information content (AvgIpc) is 2.80. The fourth-order valence-electron chi connectivity index (χ4n) is 2.76. The fraction of sp³-hybridized carbons (Fsp3) is 0.0800. The lowest BCUT2D eigenvalue weighted by molar-refractivity contribution is -0.117. The number of anilines is 1. The van der Waals surface area contributed by atoms with Crippen molar-refractivity contribution in [2.24, 2.45) is 5.10 Å². The first-order valence-electron chi connectivity index (χ1n) is 9.90. The van der Waals surface area contributed by atoms with E-state index in [2.05, 4.69) is 15.8 Å². The van der Waals surface area contributed by atoms with Crippen molar-refractivity contribution in [2.75, 3.05) is 19.0 Å². The molecule has 3 aromatic rings. The standard InChI is InChI=1S/C25H24N4O3/c1-29(2)21-12-8-18(9-13-21)16-23(27-24(31)20-6-4-3-5-7-20)25(32)28-26-17-19-10-14-22(30)15-11-19/h3-17,30H,1-2H3,(H,27,31)(H,28,32)/b23-16+,26-17-. The van der Waals surface area contributed by atoms with Gasteiger partial charge in [-0.1, -0.05) is 30.3 Å². The van der Waals surface area contributed by atoms with Crippen LogP contribution in [0.5, 0.6) is 5.75 Å². The predicted octanol–water partition coefficient (Wildman–Crippen LogP) is 3.38. The van der Waals surface area contributed by atoms with E-state index in [0.29, 0.717) is 11.1 Å². The lowest BCUT2D eigenvalue weighted by Crippen LogP contribution is -2.32. The third-order valence-corrected chi connectivity index (χ3v) is 4.52. The van der Waals surface area contributed by atoms with Crippen LogP contribution in [0.25, 0.3) is 6.08 Å². The molecule has 3 N–H and O–H groups in total. The van der Waals surface area contributed by atoms with Gasteiger partial charge in [0, 0.05) is 25.3 Å². The molecule has 162 valence electrons. The largest absolute Gasteiger partial charge is 0.508 e. The van der Waals surface area contributed by atoms with E-state index in [0.717, 1.165) is 11.3 Å². The number of hydrogen-bond acceptors (Lipinski definition) is 5. The van der Waals surface area contributed by atoms with E-state index in [4.69, 9.17) is 0 Å². The summed E-state index contributed by atoms with van der Waals surface area (Å²) in [5.74, 6) is -0.833. The van der Waals surface area contributed by atoms with E-state index in [1.807, 2.05) is 49.3 Å². The van der Waals surface area contributed by atoms with Crippen LogP contribution in [0.4, 0.5) is 5.69 Å². The molecule has 0 aromatic heterocycles. The van der Waals surface area contributed by atoms with E-state index >= 15 is 0 Å². The van der Waals surface area contributed by atoms with Crippen LogP contribution in [-0.4, -0.2) is 37.2 Å². The first kappa shape index (κ1) is 22.3. The molecule has 0 saturated heterocycles. The Morgan fingerprint density at radius 1 is 0.875 bits per heavy atom. The number of amides is 2. The van der Waals surface area contributed by atoms with Crippen molar-refractivity contribution < 1.29 is 14.7 Å². The highest BCUT2D eigenvalue weighted by Gasteiger charge is 2.14. The number of carbonyl (C=O) groups is 2. The second-order valence-electron chi connectivity index (χ2n) is 7.15. The first-order valence-corrected chi connectivity index (χ1v) is 9.90. The lowest BCUT2D eigenvalue weighted by atomic mass is 10.1. The summed E-state index contributed by atoms with van der Waals surface area (Å²) in [5.41, 5.74) is 5.37. The Hall–Kier alpha value is -4.39. The summed E-state index contributed by atoms with van der Waals surface area (Å²) in [4.78, 5) is 27.4. The molecule has 0 radical (unpaired) electrons. The van der Waals surface area contributed by atoms with Gasteiger partial charge in [-0.2, -0.15) is 5.10 Å². The van der Waals surface area contributed by atoms with Gasteiger partial charge in [0.25, 0.3) is 11.8 Å². The molecule has 7 heteroatoms. The van der Waals surface area contributed by atoms with Crippen molar-refractivity contribution in [3.8, 4) is 5.75 Å². The molecule has 3 aromatic carbocycles. The number of carbonyl (C=O) groups excluding carboxylic acids is 2. The van der Waals surface area contributed by atoms with Crippen LogP contribution in [0.3, 0.4) is 0 Å². The molecule has 0 aliphatic carbocycles. The molecular weight excluding hydrogens is 404 g/mol. The number of hydrazone groups is 1. The number of rotatable bonds is 7. The summed E-state index contributed by atoms with van der Waals surface area (Å²) in [6, 6.07) is 22.6. The molecule has 2 amide bonds. The number of phenolic OH excluding ortho intramolecular Hbond substituents is 1. The van der Waals surface area contributed by atoms with E-state index in [1.165, 1.54) is 18.3 Å². The molecule has 32 heavy (non-hydrogen) atoms. The summed E-state index contributed by atoms with van der Waals surface area (Å²) in [7, 11) is 3.88. The SMILES string of the molecule is CN(C)c1ccc(/C=C(/NC(=O)c2ccccc2)C(=O)N/N=C\c2ccc(O)cc2)cc1. The molecule has 0 aliphatic heterocycles. The number of benzene rings is 3. The van der Waals surface area contributed by atoms with Crippen molar-refractivity contribution in [1.29, 1.82) is 0 Å². The Labute approximate surface area is 186 Å². The third-order valence-electron chi connectivity index (χ3n) is 4.52. The van der Waals surface area contributed by atoms with E-state index in [1.54, 1.807) is 42.5 Å². The van der Waals surface area contributed by atoms with Crippen LogP contribution >= 0.6 is 0 Å². The van der Waals surface area contributed by atoms with Crippen molar-refractivity contribution >= 4 is 29.8 Å². The molecule has 0 saturated carbocycles. The van der Waals surface area contributed by atoms with Crippen molar-refractivity contribution in [3.05, 3.63) is 101 Å². The molecule has 0 heterocycles. The number of nitrogens with zero attached hydrogens (tertiary/aromatic N) is 2. The Morgan fingerprint density at radius 3 is 2.12 bits per heavy atom. The molecule has 0 aliphatic rings. The molecule has 0 unspecified atom stereocenters. The second-order valence-corrected chi connectivity index (χ2v) is 7.15. The van der Waals surface area contributed by atoms with Crippen LogP contribution in [0, 0.1) is 0 Å². The maximum atomic E-state index is 12.8. The lowest BCUT2D eigenvalue weighted by Gasteiger charge is -2.12. The minimum Gasteiger partial charge on any atom is -0.508 e. The van der Waals surface area contributed by atoms with E-state index in [-0.39, 0.29) is 11.4 Å². The number of hydrogen-bond donors (Lipinski definition) is 3. The topological polar surface area (TPSA) is 94.0 Å². The molecule has 7 nitrogen and oxygen atoms in total. The van der Waals surface area contributed by atoms with Crippen LogP contribution < -0.4 is 15.6 Å². The minimum atomic E-state index is -0.569. The number of phenols is 1. The Kier molecular flexibility index (Phi) is 7.37. The van der Waals surface area contributed by atoms with Crippen molar-refractivity contribution in [3.63, 3.8) is 0 Å². The monoisotopic (exact) mass is 428 g/mol. The van der Waals surface area contributed by atoms with Crippen molar-refractivity contribution in [1.82, 2.24) is 10.7 Å². The second kappa shape index (κ2) is 10.6. The van der Waals surface area contributed by atoms with Gasteiger partial charge in [-0.05, 0) is 65.7 Å². The molecule has 0 bridgehead atoms. The van der Waals surface area contributed by atoms with Crippen LogP contribution in [0.1, 0.15) is 21.5 Å². The highest BCUT2D eigenvalue weighted by molar-refractivity contribution is 6.05. The molecular formula is C25H24N4O3. The summed E-state index contributed by atoms with van der Waals surface area (Å²) >= 11 is 0.